The van der Waals surface area contributed by atoms with Crippen molar-refractivity contribution in [1.82, 2.24) is 24.1 Å². The highest BCUT2D eigenvalue weighted by atomic mass is 16.3. The Morgan fingerprint density at radius 2 is 0.870 bits per heavy atom. The van der Waals surface area contributed by atoms with Gasteiger partial charge in [0.25, 0.3) is 0 Å². The molecule has 0 fully saturated rings. The molecule has 6 nitrogen and oxygen atoms in total. The van der Waals surface area contributed by atoms with Crippen LogP contribution >= 0.6 is 0 Å². The summed E-state index contributed by atoms with van der Waals surface area (Å²) < 4.78 is 12.4. The van der Waals surface area contributed by atoms with Crippen molar-refractivity contribution in [3.05, 3.63) is 270 Å². The molecule has 0 unspecified atom stereocenters. The van der Waals surface area contributed by atoms with E-state index < -0.39 is 5.41 Å². The van der Waals surface area contributed by atoms with Crippen LogP contribution in [0.3, 0.4) is 0 Å². The Kier molecular flexibility index (Phi) is 8.60. The molecule has 0 N–H and O–H groups in total. The van der Waals surface area contributed by atoms with Crippen molar-refractivity contribution in [1.29, 1.82) is 0 Å². The second-order valence-electron chi connectivity index (χ2n) is 20.6. The fourth-order valence-corrected chi connectivity index (χ4v) is 13.8. The quantitative estimate of drug-likeness (QED) is 0.172. The number of furan rings is 1. The van der Waals surface area contributed by atoms with Crippen molar-refractivity contribution < 1.29 is 4.42 Å². The van der Waals surface area contributed by atoms with Crippen LogP contribution in [0.4, 0.5) is 0 Å². The fraction of sp³-hybridized carbons (Fsp3) is 0.0282. The second-order valence-corrected chi connectivity index (χ2v) is 20.6. The van der Waals surface area contributed by atoms with Gasteiger partial charge in [0, 0.05) is 60.3 Å². The lowest BCUT2D eigenvalue weighted by Crippen LogP contribution is -2.26. The van der Waals surface area contributed by atoms with Crippen molar-refractivity contribution in [3.63, 3.8) is 0 Å². The van der Waals surface area contributed by atoms with Gasteiger partial charge in [0.2, 0.25) is 0 Å². The largest absolute Gasteiger partial charge is 0.454 e. The van der Waals surface area contributed by atoms with Crippen molar-refractivity contribution in [3.8, 4) is 67.8 Å². The molecule has 0 atom stereocenters. The number of rotatable bonds is 5. The summed E-state index contributed by atoms with van der Waals surface area (Å²) in [7, 11) is 0. The van der Waals surface area contributed by atoms with Crippen LogP contribution in [-0.2, 0) is 5.41 Å². The first-order chi connectivity index (χ1) is 38.2. The van der Waals surface area contributed by atoms with Crippen molar-refractivity contribution in [2.75, 3.05) is 0 Å². The summed E-state index contributed by atoms with van der Waals surface area (Å²) in [5.41, 5.74) is 21.4. The number of hydrogen-bond acceptors (Lipinski definition) is 4. The Hall–Kier alpha value is -10.2. The van der Waals surface area contributed by atoms with Gasteiger partial charge in [-0.3, -0.25) is 0 Å². The fourth-order valence-electron chi connectivity index (χ4n) is 13.8. The first kappa shape index (κ1) is 42.2. The van der Waals surface area contributed by atoms with Gasteiger partial charge in [0.1, 0.15) is 5.58 Å². The molecule has 6 heteroatoms. The Bertz CT molecular complexity index is 4890. The Balaban J connectivity index is 1.09. The van der Waals surface area contributed by atoms with Gasteiger partial charge in [0.15, 0.2) is 23.1 Å². The molecule has 0 radical (unpaired) electrons. The van der Waals surface area contributed by atoms with Crippen LogP contribution in [0.25, 0.3) is 133 Å². The van der Waals surface area contributed by atoms with Crippen molar-refractivity contribution in [2.45, 2.75) is 12.3 Å². The lowest BCUT2D eigenvalue weighted by molar-refractivity contribution is 0.666. The van der Waals surface area contributed by atoms with E-state index in [-0.39, 0.29) is 0 Å². The van der Waals surface area contributed by atoms with E-state index in [1.165, 1.54) is 66.2 Å². The summed E-state index contributed by atoms with van der Waals surface area (Å²) in [6.45, 7) is 2.20. The van der Waals surface area contributed by atoms with Crippen LogP contribution in [0.1, 0.15) is 27.8 Å². The molecule has 0 saturated carbocycles. The van der Waals surface area contributed by atoms with E-state index >= 15 is 0 Å². The number of aromatic nitrogens is 5. The predicted octanol–water partition coefficient (Wildman–Crippen LogP) is 17.6. The van der Waals surface area contributed by atoms with Crippen LogP contribution < -0.4 is 0 Å². The van der Waals surface area contributed by atoms with Crippen LogP contribution in [0.15, 0.2) is 247 Å². The second kappa shape index (κ2) is 15.7. The maximum atomic E-state index is 7.36. The van der Waals surface area contributed by atoms with Crippen molar-refractivity contribution in [2.24, 2.45) is 0 Å². The topological polar surface area (TPSA) is 61.7 Å². The molecule has 358 valence electrons. The first-order valence-corrected chi connectivity index (χ1v) is 26.4. The number of fused-ring (bicyclic) bond motifs is 22. The van der Waals surface area contributed by atoms with Gasteiger partial charge < -0.3 is 13.6 Å². The van der Waals surface area contributed by atoms with E-state index in [9.17, 15) is 0 Å². The maximum Gasteiger partial charge on any atom is 0.165 e. The van der Waals surface area contributed by atoms with Gasteiger partial charge in [-0.2, -0.15) is 0 Å². The average Bonchev–Trinajstić information content (AvgIpc) is 3.94. The van der Waals surface area contributed by atoms with E-state index in [1.54, 1.807) is 0 Å². The van der Waals surface area contributed by atoms with Crippen molar-refractivity contribution >= 4 is 65.6 Å². The highest BCUT2D eigenvalue weighted by molar-refractivity contribution is 6.33. The summed E-state index contributed by atoms with van der Waals surface area (Å²) in [6, 6.07) is 87.6. The molecular formula is C71H43N5O. The number of hydrogen-bond donors (Lipinski definition) is 0. The van der Waals surface area contributed by atoms with Gasteiger partial charge >= 0.3 is 0 Å². The molecule has 2 aliphatic rings. The zero-order valence-electron chi connectivity index (χ0n) is 41.7. The van der Waals surface area contributed by atoms with E-state index in [0.717, 1.165) is 77.5 Å². The molecule has 0 amide bonds. The van der Waals surface area contributed by atoms with Gasteiger partial charge in [-0.25, -0.2) is 15.0 Å². The molecule has 15 aromatic rings. The molecule has 11 aromatic carbocycles. The smallest absolute Gasteiger partial charge is 0.165 e. The summed E-state index contributed by atoms with van der Waals surface area (Å²) in [5, 5.41) is 6.77. The van der Waals surface area contributed by atoms with Crippen LogP contribution in [0, 0.1) is 6.92 Å². The van der Waals surface area contributed by atoms with Crippen LogP contribution in [-0.4, -0.2) is 24.1 Å². The van der Waals surface area contributed by atoms with E-state index in [4.69, 9.17) is 19.4 Å². The highest BCUT2D eigenvalue weighted by Crippen LogP contribution is 2.67. The number of para-hydroxylation sites is 4. The summed E-state index contributed by atoms with van der Waals surface area (Å²) in [4.78, 5) is 15.8. The number of nitrogens with zero attached hydrogens (tertiary/aromatic N) is 5. The zero-order valence-corrected chi connectivity index (χ0v) is 41.7. The van der Waals surface area contributed by atoms with E-state index in [0.29, 0.717) is 17.5 Å². The Morgan fingerprint density at radius 3 is 1.51 bits per heavy atom. The lowest BCUT2D eigenvalue weighted by Gasteiger charge is -2.31. The summed E-state index contributed by atoms with van der Waals surface area (Å²) in [5.74, 6) is 1.81. The average molecular weight is 982 g/mol. The minimum absolute atomic E-state index is 0.588. The summed E-state index contributed by atoms with van der Waals surface area (Å²) >= 11 is 0. The Morgan fingerprint density at radius 1 is 0.390 bits per heavy atom. The third-order valence-corrected chi connectivity index (χ3v) is 16.7. The molecule has 0 bridgehead atoms. The first-order valence-electron chi connectivity index (χ1n) is 26.4. The molecule has 0 saturated heterocycles. The minimum Gasteiger partial charge on any atom is -0.454 e. The van der Waals surface area contributed by atoms with Gasteiger partial charge in [-0.05, 0) is 87.8 Å². The van der Waals surface area contributed by atoms with Gasteiger partial charge in [-0.15, -0.1) is 0 Å². The third kappa shape index (κ3) is 5.55. The predicted molar refractivity (Wildman–Crippen MR) is 313 cm³/mol. The van der Waals surface area contributed by atoms with E-state index in [2.05, 4.69) is 222 Å². The highest BCUT2D eigenvalue weighted by Gasteiger charge is 2.54. The Labute approximate surface area is 442 Å². The van der Waals surface area contributed by atoms with E-state index in [1.807, 2.05) is 36.4 Å². The zero-order chi connectivity index (χ0) is 50.5. The molecule has 1 spiro atoms. The monoisotopic (exact) mass is 981 g/mol. The normalized spacial score (nSPS) is 13.1. The SMILES string of the molecule is Cc1cc(-n2c3ccccc3c3c2c2c(c4c5ccccc5n(-c5ccccc5)c43)C3(c4ccccc4-c4ccccc43)c3ccccc3-2)c2oc3ccccc3c2c1-c1nc(-c2ccccc2)nc(-c2ccccc2)n1. The third-order valence-electron chi connectivity index (χ3n) is 16.7. The molecule has 2 aliphatic carbocycles. The van der Waals surface area contributed by atoms with Crippen LogP contribution in [0.5, 0.6) is 0 Å². The number of benzene rings is 11. The van der Waals surface area contributed by atoms with Gasteiger partial charge in [0.05, 0.1) is 33.2 Å². The van der Waals surface area contributed by atoms with Gasteiger partial charge in [-0.1, -0.05) is 206 Å². The standard InChI is InChI=1S/C71H43N5O/c1-42-41-57(67-60(51-34-16-22-40-58(51)77-67)59(42)70-73-68(43-23-5-2-6-24-43)72-69(74-70)44-25-7-3-8-26-44)76-56-39-21-15-33-50(56)63-65-62(49-32-14-20-38-55(49)75(65)45-27-9-4-10-28-45)64-61(66(63)76)48-31-13-19-37-54(48)71(64)52-35-17-11-29-46(52)47-30-12-18-36-53(47)71/h2-41H,1H3. The molecule has 4 aromatic heterocycles. The molecule has 0 aliphatic heterocycles. The van der Waals surface area contributed by atoms with Crippen LogP contribution in [0.2, 0.25) is 0 Å². The lowest BCUT2D eigenvalue weighted by atomic mass is 9.69. The molecule has 4 heterocycles. The minimum atomic E-state index is -0.654. The maximum absolute atomic E-state index is 7.36. The number of aryl methyl sites for hydroxylation is 1. The molecule has 17 rings (SSSR count). The molecule has 77 heavy (non-hydrogen) atoms. The summed E-state index contributed by atoms with van der Waals surface area (Å²) in [6.07, 6.45) is 0. The molecular weight excluding hydrogens is 939 g/mol.